The number of imidazole rings is 1. The highest BCUT2D eigenvalue weighted by Crippen LogP contribution is 2.22. The molecule has 1 aliphatic rings. The third kappa shape index (κ3) is 1.65. The second-order valence-electron chi connectivity index (χ2n) is 4.35. The maximum absolute atomic E-state index is 9.72. The van der Waals surface area contributed by atoms with E-state index < -0.39 is 0 Å². The predicted octanol–water partition coefficient (Wildman–Crippen LogP) is 1.89. The molecule has 0 aliphatic heterocycles. The molecule has 1 saturated carbocycles. The van der Waals surface area contributed by atoms with Crippen molar-refractivity contribution in [3.8, 4) is 0 Å². The van der Waals surface area contributed by atoms with Gasteiger partial charge in [-0.05, 0) is 31.4 Å². The lowest BCUT2D eigenvalue weighted by Crippen LogP contribution is -2.28. The van der Waals surface area contributed by atoms with E-state index in [4.69, 9.17) is 0 Å². The molecule has 0 radical (unpaired) electrons. The van der Waals surface area contributed by atoms with Crippen molar-refractivity contribution in [2.45, 2.75) is 31.4 Å². The van der Waals surface area contributed by atoms with E-state index in [-0.39, 0.29) is 12.1 Å². The predicted molar refractivity (Wildman–Crippen MR) is 63.4 cm³/mol. The average molecular weight is 217 g/mol. The summed E-state index contributed by atoms with van der Waals surface area (Å²) in [6.45, 7) is 0. The standard InChI is InChI=1S/C12H15N3O/c16-11-7-3-6-10(11)15-12-13-8-4-1-2-5-9(8)14-12/h1-2,4-5,10-11,16H,3,6-7H2,(H2,13,14,15)/t10-,11+/m1/s1. The molecule has 1 aromatic heterocycles. The molecule has 4 nitrogen and oxygen atoms in total. The molecule has 0 bridgehead atoms. The molecule has 2 aromatic rings. The molecule has 1 aliphatic carbocycles. The van der Waals surface area contributed by atoms with Crippen LogP contribution in [-0.4, -0.2) is 27.2 Å². The molecular formula is C12H15N3O. The first-order valence-electron chi connectivity index (χ1n) is 5.72. The van der Waals surface area contributed by atoms with Gasteiger partial charge in [0.2, 0.25) is 5.95 Å². The van der Waals surface area contributed by atoms with E-state index in [9.17, 15) is 5.11 Å². The van der Waals surface area contributed by atoms with E-state index in [1.807, 2.05) is 24.3 Å². The summed E-state index contributed by atoms with van der Waals surface area (Å²) in [4.78, 5) is 7.64. The van der Waals surface area contributed by atoms with E-state index in [1.165, 1.54) is 0 Å². The van der Waals surface area contributed by atoms with Crippen LogP contribution in [-0.2, 0) is 0 Å². The Morgan fingerprint density at radius 2 is 2.19 bits per heavy atom. The van der Waals surface area contributed by atoms with Crippen LogP contribution in [0.2, 0.25) is 0 Å². The van der Waals surface area contributed by atoms with E-state index in [1.54, 1.807) is 0 Å². The zero-order chi connectivity index (χ0) is 11.0. The van der Waals surface area contributed by atoms with Crippen LogP contribution in [0.3, 0.4) is 0 Å². The molecule has 4 heteroatoms. The molecule has 3 rings (SSSR count). The SMILES string of the molecule is O[C@H]1CCC[C@H]1Nc1nc2ccccc2[nH]1. The van der Waals surface area contributed by atoms with Crippen LogP contribution in [0.4, 0.5) is 5.95 Å². The maximum atomic E-state index is 9.72. The first-order valence-corrected chi connectivity index (χ1v) is 5.72. The second-order valence-corrected chi connectivity index (χ2v) is 4.35. The van der Waals surface area contributed by atoms with Crippen LogP contribution in [0.15, 0.2) is 24.3 Å². The molecule has 3 N–H and O–H groups in total. The van der Waals surface area contributed by atoms with Crippen molar-refractivity contribution >= 4 is 17.0 Å². The van der Waals surface area contributed by atoms with Gasteiger partial charge in [0.05, 0.1) is 23.2 Å². The first-order chi connectivity index (χ1) is 7.83. The van der Waals surface area contributed by atoms with Crippen molar-refractivity contribution in [1.29, 1.82) is 0 Å². The van der Waals surface area contributed by atoms with Gasteiger partial charge in [-0.1, -0.05) is 12.1 Å². The summed E-state index contributed by atoms with van der Waals surface area (Å²) in [5.41, 5.74) is 1.98. The van der Waals surface area contributed by atoms with Gasteiger partial charge in [0.1, 0.15) is 0 Å². The topological polar surface area (TPSA) is 60.9 Å². The Kier molecular flexibility index (Phi) is 2.29. The summed E-state index contributed by atoms with van der Waals surface area (Å²) in [5, 5.41) is 13.0. The number of aliphatic hydroxyl groups excluding tert-OH is 1. The summed E-state index contributed by atoms with van der Waals surface area (Å²) < 4.78 is 0. The van der Waals surface area contributed by atoms with Crippen molar-refractivity contribution in [1.82, 2.24) is 9.97 Å². The van der Waals surface area contributed by atoms with Crippen LogP contribution >= 0.6 is 0 Å². The molecule has 1 fully saturated rings. The minimum atomic E-state index is -0.242. The zero-order valence-electron chi connectivity index (χ0n) is 8.98. The summed E-state index contributed by atoms with van der Waals surface area (Å²) in [6.07, 6.45) is 2.74. The van der Waals surface area contributed by atoms with Crippen molar-refractivity contribution in [3.63, 3.8) is 0 Å². The fourth-order valence-corrected chi connectivity index (χ4v) is 2.31. The van der Waals surface area contributed by atoms with Gasteiger partial charge in [-0.3, -0.25) is 0 Å². The minimum absolute atomic E-state index is 0.139. The third-order valence-electron chi connectivity index (χ3n) is 3.19. The van der Waals surface area contributed by atoms with Crippen LogP contribution in [0.25, 0.3) is 11.0 Å². The molecule has 0 saturated heterocycles. The fraction of sp³-hybridized carbons (Fsp3) is 0.417. The smallest absolute Gasteiger partial charge is 0.201 e. The molecule has 0 spiro atoms. The van der Waals surface area contributed by atoms with E-state index >= 15 is 0 Å². The Morgan fingerprint density at radius 3 is 2.94 bits per heavy atom. The molecule has 16 heavy (non-hydrogen) atoms. The van der Waals surface area contributed by atoms with Crippen LogP contribution in [0.1, 0.15) is 19.3 Å². The van der Waals surface area contributed by atoms with Gasteiger partial charge in [-0.25, -0.2) is 4.98 Å². The van der Waals surface area contributed by atoms with E-state index in [0.29, 0.717) is 0 Å². The molecule has 0 unspecified atom stereocenters. The van der Waals surface area contributed by atoms with Gasteiger partial charge in [-0.15, -0.1) is 0 Å². The lowest BCUT2D eigenvalue weighted by atomic mass is 10.2. The number of aromatic amines is 1. The molecule has 84 valence electrons. The monoisotopic (exact) mass is 217 g/mol. The van der Waals surface area contributed by atoms with Gasteiger partial charge < -0.3 is 15.4 Å². The van der Waals surface area contributed by atoms with Crippen LogP contribution < -0.4 is 5.32 Å². The number of hydrogen-bond donors (Lipinski definition) is 3. The van der Waals surface area contributed by atoms with E-state index in [0.717, 1.165) is 36.2 Å². The van der Waals surface area contributed by atoms with E-state index in [2.05, 4.69) is 15.3 Å². The summed E-state index contributed by atoms with van der Waals surface area (Å²) in [6, 6.07) is 8.06. The number of H-pyrrole nitrogens is 1. The highest BCUT2D eigenvalue weighted by Gasteiger charge is 2.25. The molecule has 2 atom stereocenters. The largest absolute Gasteiger partial charge is 0.391 e. The van der Waals surface area contributed by atoms with Gasteiger partial charge in [0, 0.05) is 0 Å². The number of aromatic nitrogens is 2. The first kappa shape index (κ1) is 9.66. The minimum Gasteiger partial charge on any atom is -0.391 e. The molecule has 1 aromatic carbocycles. The number of anilines is 1. The lowest BCUT2D eigenvalue weighted by molar-refractivity contribution is 0.171. The Bertz CT molecular complexity index is 461. The van der Waals surface area contributed by atoms with Crippen molar-refractivity contribution < 1.29 is 5.11 Å². The van der Waals surface area contributed by atoms with Gasteiger partial charge >= 0.3 is 0 Å². The molecular weight excluding hydrogens is 202 g/mol. The summed E-state index contributed by atoms with van der Waals surface area (Å²) in [7, 11) is 0. The van der Waals surface area contributed by atoms with Gasteiger partial charge in [-0.2, -0.15) is 0 Å². The summed E-state index contributed by atoms with van der Waals surface area (Å²) >= 11 is 0. The highest BCUT2D eigenvalue weighted by molar-refractivity contribution is 5.77. The Labute approximate surface area is 93.7 Å². The van der Waals surface area contributed by atoms with Crippen molar-refractivity contribution in [2.24, 2.45) is 0 Å². The lowest BCUT2D eigenvalue weighted by Gasteiger charge is -2.15. The fourth-order valence-electron chi connectivity index (χ4n) is 2.31. The number of benzene rings is 1. The quantitative estimate of drug-likeness (QED) is 0.720. The maximum Gasteiger partial charge on any atom is 0.201 e. The number of rotatable bonds is 2. The number of nitrogens with one attached hydrogen (secondary N) is 2. The van der Waals surface area contributed by atoms with Crippen LogP contribution in [0.5, 0.6) is 0 Å². The number of aliphatic hydroxyl groups is 1. The zero-order valence-corrected chi connectivity index (χ0v) is 8.98. The van der Waals surface area contributed by atoms with Gasteiger partial charge in [0.25, 0.3) is 0 Å². The van der Waals surface area contributed by atoms with Gasteiger partial charge in [0.15, 0.2) is 0 Å². The molecule has 0 amide bonds. The second kappa shape index (κ2) is 3.79. The normalized spacial score (nSPS) is 25.1. The number of nitrogens with zero attached hydrogens (tertiary/aromatic N) is 1. The Morgan fingerprint density at radius 1 is 1.31 bits per heavy atom. The third-order valence-corrected chi connectivity index (χ3v) is 3.19. The highest BCUT2D eigenvalue weighted by atomic mass is 16.3. The number of para-hydroxylation sites is 2. The van der Waals surface area contributed by atoms with Crippen molar-refractivity contribution in [2.75, 3.05) is 5.32 Å². The Balaban J connectivity index is 1.83. The van der Waals surface area contributed by atoms with Crippen molar-refractivity contribution in [3.05, 3.63) is 24.3 Å². The number of fused-ring (bicyclic) bond motifs is 1. The van der Waals surface area contributed by atoms with Crippen LogP contribution in [0, 0.1) is 0 Å². The average Bonchev–Trinajstić information content (AvgIpc) is 2.85. The Hall–Kier alpha value is -1.55. The molecule has 1 heterocycles. The number of hydrogen-bond acceptors (Lipinski definition) is 3. The summed E-state index contributed by atoms with van der Waals surface area (Å²) in [5.74, 6) is 0.757.